The number of carbonyl (C=O) groups is 2. The highest BCUT2D eigenvalue weighted by atomic mass is 32.2. The second kappa shape index (κ2) is 8.54. The molecule has 27 heavy (non-hydrogen) atoms. The molecule has 0 fully saturated rings. The van der Waals surface area contributed by atoms with Gasteiger partial charge in [0.25, 0.3) is 0 Å². The van der Waals surface area contributed by atoms with E-state index in [0.29, 0.717) is 22.8 Å². The Labute approximate surface area is 158 Å². The van der Waals surface area contributed by atoms with E-state index in [1.807, 2.05) is 0 Å². The molecule has 2 aromatic carbocycles. The molecule has 0 radical (unpaired) electrons. The first-order chi connectivity index (χ1) is 12.7. The summed E-state index contributed by atoms with van der Waals surface area (Å²) >= 11 is 0. The molecule has 8 nitrogen and oxygen atoms in total. The summed E-state index contributed by atoms with van der Waals surface area (Å²) in [5.41, 5.74) is 1.40. The van der Waals surface area contributed by atoms with E-state index in [9.17, 15) is 18.0 Å². The van der Waals surface area contributed by atoms with Crippen molar-refractivity contribution in [3.63, 3.8) is 0 Å². The van der Waals surface area contributed by atoms with Crippen LogP contribution in [0.2, 0.25) is 0 Å². The van der Waals surface area contributed by atoms with Crippen LogP contribution in [-0.4, -0.2) is 40.1 Å². The SMILES string of the molecule is COc1cccc(N(CC(=O)Nc2ccc(NC(C)=O)cc2)S(C)(=O)=O)c1. The van der Waals surface area contributed by atoms with Crippen molar-refractivity contribution < 1.29 is 22.7 Å². The quantitative estimate of drug-likeness (QED) is 0.752. The zero-order valence-corrected chi connectivity index (χ0v) is 16.0. The Kier molecular flexibility index (Phi) is 6.40. The molecule has 0 unspecified atom stereocenters. The molecule has 0 aliphatic heterocycles. The molecule has 0 spiro atoms. The lowest BCUT2D eigenvalue weighted by atomic mass is 10.2. The number of ether oxygens (including phenoxy) is 1. The molecule has 0 aliphatic rings. The van der Waals surface area contributed by atoms with Crippen molar-refractivity contribution in [2.45, 2.75) is 6.92 Å². The van der Waals surface area contributed by atoms with Crippen molar-refractivity contribution in [1.29, 1.82) is 0 Å². The molecular formula is C18H21N3O5S. The van der Waals surface area contributed by atoms with E-state index in [1.165, 1.54) is 20.1 Å². The van der Waals surface area contributed by atoms with Gasteiger partial charge in [-0.25, -0.2) is 8.42 Å². The maximum Gasteiger partial charge on any atom is 0.245 e. The Balaban J connectivity index is 2.13. The van der Waals surface area contributed by atoms with Crippen LogP contribution in [0.5, 0.6) is 5.75 Å². The van der Waals surface area contributed by atoms with E-state index in [1.54, 1.807) is 42.5 Å². The number of methoxy groups -OCH3 is 1. The molecule has 144 valence electrons. The molecule has 2 rings (SSSR count). The second-order valence-corrected chi connectivity index (χ2v) is 7.68. The van der Waals surface area contributed by atoms with Crippen molar-refractivity contribution in [1.82, 2.24) is 0 Å². The number of amides is 2. The van der Waals surface area contributed by atoms with E-state index < -0.39 is 15.9 Å². The summed E-state index contributed by atoms with van der Waals surface area (Å²) < 4.78 is 30.4. The zero-order chi connectivity index (χ0) is 20.0. The molecule has 0 heterocycles. The first-order valence-corrected chi connectivity index (χ1v) is 9.83. The second-order valence-electron chi connectivity index (χ2n) is 5.78. The molecule has 0 saturated carbocycles. The number of hydrogen-bond donors (Lipinski definition) is 2. The third kappa shape index (κ3) is 6.00. The largest absolute Gasteiger partial charge is 0.497 e. The number of benzene rings is 2. The number of nitrogens with zero attached hydrogens (tertiary/aromatic N) is 1. The normalized spacial score (nSPS) is 10.8. The average Bonchev–Trinajstić information content (AvgIpc) is 2.60. The Morgan fingerprint density at radius 2 is 1.63 bits per heavy atom. The number of carbonyl (C=O) groups excluding carboxylic acids is 2. The van der Waals surface area contributed by atoms with Gasteiger partial charge in [0.15, 0.2) is 0 Å². The Morgan fingerprint density at radius 3 is 2.15 bits per heavy atom. The lowest BCUT2D eigenvalue weighted by molar-refractivity contribution is -0.115. The van der Waals surface area contributed by atoms with Crippen molar-refractivity contribution >= 4 is 38.9 Å². The third-order valence-electron chi connectivity index (χ3n) is 3.52. The van der Waals surface area contributed by atoms with E-state index in [2.05, 4.69) is 10.6 Å². The lowest BCUT2D eigenvalue weighted by Gasteiger charge is -2.22. The first kappa shape index (κ1) is 20.2. The first-order valence-electron chi connectivity index (χ1n) is 7.98. The molecule has 0 bridgehead atoms. The average molecular weight is 391 g/mol. The number of hydrogen-bond acceptors (Lipinski definition) is 5. The predicted octanol–water partition coefficient (Wildman–Crippen LogP) is 2.06. The monoisotopic (exact) mass is 391 g/mol. The van der Waals surface area contributed by atoms with E-state index in [-0.39, 0.29) is 12.5 Å². The van der Waals surface area contributed by atoms with E-state index in [4.69, 9.17) is 4.74 Å². The van der Waals surface area contributed by atoms with Crippen molar-refractivity contribution in [3.8, 4) is 5.75 Å². The van der Waals surface area contributed by atoms with Gasteiger partial charge in [-0.3, -0.25) is 13.9 Å². The fourth-order valence-electron chi connectivity index (χ4n) is 2.34. The Bertz CT molecular complexity index is 926. The summed E-state index contributed by atoms with van der Waals surface area (Å²) in [4.78, 5) is 23.4. The molecule has 0 atom stereocenters. The van der Waals surface area contributed by atoms with Crippen LogP contribution in [0, 0.1) is 0 Å². The fourth-order valence-corrected chi connectivity index (χ4v) is 3.19. The van der Waals surface area contributed by atoms with Crippen LogP contribution in [-0.2, 0) is 19.6 Å². The number of nitrogens with one attached hydrogen (secondary N) is 2. The molecule has 0 saturated heterocycles. The van der Waals surface area contributed by atoms with Crippen LogP contribution in [0.4, 0.5) is 17.1 Å². The van der Waals surface area contributed by atoms with Gasteiger partial charge in [0, 0.05) is 24.4 Å². The minimum absolute atomic E-state index is 0.200. The third-order valence-corrected chi connectivity index (χ3v) is 4.66. The maximum absolute atomic E-state index is 12.3. The topological polar surface area (TPSA) is 105 Å². The summed E-state index contributed by atoms with van der Waals surface area (Å²) in [6, 6.07) is 12.9. The lowest BCUT2D eigenvalue weighted by Crippen LogP contribution is -2.37. The summed E-state index contributed by atoms with van der Waals surface area (Å²) in [7, 11) is -2.21. The summed E-state index contributed by atoms with van der Waals surface area (Å²) in [6.45, 7) is 1.01. The number of anilines is 3. The molecule has 2 aromatic rings. The molecule has 0 aromatic heterocycles. The summed E-state index contributed by atoms with van der Waals surface area (Å²) in [5, 5.41) is 5.25. The standard InChI is InChI=1S/C18H21N3O5S/c1-13(22)19-14-7-9-15(10-8-14)20-18(23)12-21(27(3,24)25)16-5-4-6-17(11-16)26-2/h4-11H,12H2,1-3H3,(H,19,22)(H,20,23). The van der Waals surface area contributed by atoms with Crippen LogP contribution >= 0.6 is 0 Å². The molecule has 9 heteroatoms. The van der Waals surface area contributed by atoms with Gasteiger partial charge in [-0.2, -0.15) is 0 Å². The van der Waals surface area contributed by atoms with Crippen LogP contribution in [0.15, 0.2) is 48.5 Å². The van der Waals surface area contributed by atoms with Gasteiger partial charge in [-0.1, -0.05) is 6.07 Å². The van der Waals surface area contributed by atoms with Gasteiger partial charge in [-0.05, 0) is 36.4 Å². The fraction of sp³-hybridized carbons (Fsp3) is 0.222. The molecule has 2 N–H and O–H groups in total. The van der Waals surface area contributed by atoms with Gasteiger partial charge >= 0.3 is 0 Å². The van der Waals surface area contributed by atoms with Gasteiger partial charge in [0.1, 0.15) is 12.3 Å². The van der Waals surface area contributed by atoms with Gasteiger partial charge < -0.3 is 15.4 Å². The van der Waals surface area contributed by atoms with Gasteiger partial charge in [0.2, 0.25) is 21.8 Å². The van der Waals surface area contributed by atoms with Crippen molar-refractivity contribution in [2.24, 2.45) is 0 Å². The molecule has 0 aliphatic carbocycles. The van der Waals surface area contributed by atoms with Crippen molar-refractivity contribution in [2.75, 3.05) is 34.8 Å². The van der Waals surface area contributed by atoms with E-state index in [0.717, 1.165) is 10.6 Å². The number of sulfonamides is 1. The van der Waals surface area contributed by atoms with Crippen molar-refractivity contribution in [3.05, 3.63) is 48.5 Å². The highest BCUT2D eigenvalue weighted by Crippen LogP contribution is 2.23. The van der Waals surface area contributed by atoms with Crippen LogP contribution in [0.25, 0.3) is 0 Å². The molecule has 2 amide bonds. The van der Waals surface area contributed by atoms with Gasteiger partial charge in [-0.15, -0.1) is 0 Å². The summed E-state index contributed by atoms with van der Waals surface area (Å²) in [5.74, 6) is -0.223. The van der Waals surface area contributed by atoms with Crippen LogP contribution < -0.4 is 19.7 Å². The number of rotatable bonds is 7. The smallest absolute Gasteiger partial charge is 0.245 e. The maximum atomic E-state index is 12.3. The Hall–Kier alpha value is -3.07. The minimum Gasteiger partial charge on any atom is -0.497 e. The summed E-state index contributed by atoms with van der Waals surface area (Å²) in [6.07, 6.45) is 1.03. The molecular weight excluding hydrogens is 370 g/mol. The van der Waals surface area contributed by atoms with E-state index >= 15 is 0 Å². The highest BCUT2D eigenvalue weighted by molar-refractivity contribution is 7.92. The predicted molar refractivity (Wildman–Crippen MR) is 105 cm³/mol. The minimum atomic E-state index is -3.68. The van der Waals surface area contributed by atoms with Crippen LogP contribution in [0.1, 0.15) is 6.92 Å². The zero-order valence-electron chi connectivity index (χ0n) is 15.2. The van der Waals surface area contributed by atoms with Gasteiger partial charge in [0.05, 0.1) is 19.1 Å². The highest BCUT2D eigenvalue weighted by Gasteiger charge is 2.21. The van der Waals surface area contributed by atoms with Crippen LogP contribution in [0.3, 0.4) is 0 Å². The Morgan fingerprint density at radius 1 is 1.04 bits per heavy atom.